The van der Waals surface area contributed by atoms with E-state index in [0.717, 1.165) is 17.0 Å². The van der Waals surface area contributed by atoms with Crippen LogP contribution < -0.4 is 10.6 Å². The molecule has 1 aromatic heterocycles. The van der Waals surface area contributed by atoms with Crippen molar-refractivity contribution >= 4 is 28.8 Å². The highest BCUT2D eigenvalue weighted by Gasteiger charge is 2.22. The lowest BCUT2D eigenvalue weighted by Gasteiger charge is -2.32. The molecule has 100 valence electrons. The third-order valence-corrected chi connectivity index (χ3v) is 3.34. The third-order valence-electron chi connectivity index (χ3n) is 3.34. The van der Waals surface area contributed by atoms with Gasteiger partial charge in [0.05, 0.1) is 11.0 Å². The number of aromatic nitrogens is 2. The minimum atomic E-state index is -0.864. The number of carbonyl (C=O) groups is 1. The van der Waals surface area contributed by atoms with Gasteiger partial charge in [-0.25, -0.2) is 9.78 Å². The number of aromatic amines is 1. The zero-order valence-corrected chi connectivity index (χ0v) is 10.3. The molecule has 0 bridgehead atoms. The van der Waals surface area contributed by atoms with Gasteiger partial charge in [-0.1, -0.05) is 0 Å². The van der Waals surface area contributed by atoms with E-state index in [0.29, 0.717) is 31.9 Å². The SMILES string of the molecule is Nc1ccc2nc(N3CCN(C(=O)O)CC3)[nH]c2c1. The Kier molecular flexibility index (Phi) is 2.66. The lowest BCUT2D eigenvalue weighted by atomic mass is 10.3. The topological polar surface area (TPSA) is 98.5 Å². The van der Waals surface area contributed by atoms with E-state index in [-0.39, 0.29) is 0 Å². The fourth-order valence-electron chi connectivity index (χ4n) is 2.27. The molecule has 1 aliphatic heterocycles. The lowest BCUT2D eigenvalue weighted by Crippen LogP contribution is -2.48. The summed E-state index contributed by atoms with van der Waals surface area (Å²) in [5, 5.41) is 8.91. The molecule has 19 heavy (non-hydrogen) atoms. The maximum absolute atomic E-state index is 10.8. The number of nitrogens with zero attached hydrogens (tertiary/aromatic N) is 3. The first-order valence-electron chi connectivity index (χ1n) is 6.11. The molecule has 0 aliphatic carbocycles. The molecule has 0 saturated carbocycles. The second kappa shape index (κ2) is 4.34. The Bertz CT molecular complexity index is 616. The quantitative estimate of drug-likeness (QED) is 0.664. The Labute approximate surface area is 109 Å². The normalized spacial score (nSPS) is 16.0. The summed E-state index contributed by atoms with van der Waals surface area (Å²) in [6.07, 6.45) is -0.864. The molecule has 1 fully saturated rings. The number of hydrogen-bond acceptors (Lipinski definition) is 4. The second-order valence-electron chi connectivity index (χ2n) is 4.59. The zero-order valence-electron chi connectivity index (χ0n) is 10.3. The van der Waals surface area contributed by atoms with E-state index in [1.807, 2.05) is 18.2 Å². The van der Waals surface area contributed by atoms with Crippen molar-refractivity contribution in [3.63, 3.8) is 0 Å². The minimum Gasteiger partial charge on any atom is -0.465 e. The first-order chi connectivity index (χ1) is 9.13. The van der Waals surface area contributed by atoms with Crippen molar-refractivity contribution in [2.45, 2.75) is 0 Å². The molecule has 0 atom stereocenters. The maximum atomic E-state index is 10.8. The molecule has 1 aliphatic rings. The molecule has 7 heteroatoms. The molecule has 2 heterocycles. The van der Waals surface area contributed by atoms with Crippen molar-refractivity contribution < 1.29 is 9.90 Å². The number of nitrogens with two attached hydrogens (primary N) is 1. The van der Waals surface area contributed by atoms with Crippen LogP contribution in [-0.4, -0.2) is 52.2 Å². The number of imidazole rings is 1. The number of hydrogen-bond donors (Lipinski definition) is 3. The summed E-state index contributed by atoms with van der Waals surface area (Å²) in [7, 11) is 0. The summed E-state index contributed by atoms with van der Waals surface area (Å²) in [6.45, 7) is 2.27. The van der Waals surface area contributed by atoms with Crippen molar-refractivity contribution in [2.75, 3.05) is 36.8 Å². The van der Waals surface area contributed by atoms with Crippen LogP contribution in [0, 0.1) is 0 Å². The average molecular weight is 261 g/mol. The van der Waals surface area contributed by atoms with Crippen molar-refractivity contribution in [3.8, 4) is 0 Å². The van der Waals surface area contributed by atoms with Crippen LogP contribution in [0.3, 0.4) is 0 Å². The van der Waals surface area contributed by atoms with Crippen LogP contribution in [-0.2, 0) is 0 Å². The van der Waals surface area contributed by atoms with Crippen LogP contribution in [0.15, 0.2) is 18.2 Å². The van der Waals surface area contributed by atoms with Gasteiger partial charge in [0.2, 0.25) is 5.95 Å². The zero-order chi connectivity index (χ0) is 13.4. The van der Waals surface area contributed by atoms with E-state index < -0.39 is 6.09 Å². The molecule has 1 aromatic carbocycles. The van der Waals surface area contributed by atoms with Crippen molar-refractivity contribution in [1.29, 1.82) is 0 Å². The van der Waals surface area contributed by atoms with Gasteiger partial charge < -0.3 is 25.6 Å². The Hall–Kier alpha value is -2.44. The number of benzene rings is 1. The summed E-state index contributed by atoms with van der Waals surface area (Å²) in [5.41, 5.74) is 8.19. The molecular weight excluding hydrogens is 246 g/mol. The van der Waals surface area contributed by atoms with E-state index in [9.17, 15) is 4.79 Å². The summed E-state index contributed by atoms with van der Waals surface area (Å²) in [4.78, 5) is 22.0. The molecule has 0 unspecified atom stereocenters. The highest BCUT2D eigenvalue weighted by atomic mass is 16.4. The number of carboxylic acid groups (broad SMARTS) is 1. The fourth-order valence-corrected chi connectivity index (χ4v) is 2.27. The molecule has 1 amide bonds. The van der Waals surface area contributed by atoms with E-state index in [1.165, 1.54) is 4.90 Å². The fraction of sp³-hybridized carbons (Fsp3) is 0.333. The van der Waals surface area contributed by atoms with Crippen LogP contribution in [0.4, 0.5) is 16.4 Å². The van der Waals surface area contributed by atoms with Gasteiger partial charge >= 0.3 is 6.09 Å². The first kappa shape index (κ1) is 11.6. The average Bonchev–Trinajstić information content (AvgIpc) is 2.81. The van der Waals surface area contributed by atoms with E-state index in [4.69, 9.17) is 10.8 Å². The molecule has 0 radical (unpaired) electrons. The first-order valence-corrected chi connectivity index (χ1v) is 6.11. The summed E-state index contributed by atoms with van der Waals surface area (Å²) >= 11 is 0. The van der Waals surface area contributed by atoms with Gasteiger partial charge in [-0.2, -0.15) is 0 Å². The standard InChI is InChI=1S/C12H15N5O2/c13-8-1-2-9-10(7-8)15-11(14-9)16-3-5-17(6-4-16)12(18)19/h1-2,7H,3-6,13H2,(H,14,15)(H,18,19). The van der Waals surface area contributed by atoms with Gasteiger partial charge in [0.1, 0.15) is 0 Å². The number of H-pyrrole nitrogens is 1. The van der Waals surface area contributed by atoms with Gasteiger partial charge in [0.15, 0.2) is 0 Å². The Morgan fingerprint density at radius 1 is 1.32 bits per heavy atom. The third kappa shape index (κ3) is 2.14. The number of nitrogens with one attached hydrogen (secondary N) is 1. The summed E-state index contributed by atoms with van der Waals surface area (Å²) < 4.78 is 0. The van der Waals surface area contributed by atoms with Gasteiger partial charge in [0, 0.05) is 31.9 Å². The monoisotopic (exact) mass is 261 g/mol. The molecular formula is C12H15N5O2. The van der Waals surface area contributed by atoms with Gasteiger partial charge in [0.25, 0.3) is 0 Å². The largest absolute Gasteiger partial charge is 0.465 e. The van der Waals surface area contributed by atoms with Crippen LogP contribution in [0.1, 0.15) is 0 Å². The highest BCUT2D eigenvalue weighted by molar-refractivity contribution is 5.81. The van der Waals surface area contributed by atoms with Crippen molar-refractivity contribution in [1.82, 2.24) is 14.9 Å². The number of nitrogen functional groups attached to an aromatic ring is 1. The smallest absolute Gasteiger partial charge is 0.407 e. The number of piperazine rings is 1. The van der Waals surface area contributed by atoms with Crippen LogP contribution >= 0.6 is 0 Å². The number of fused-ring (bicyclic) bond motifs is 1. The Balaban J connectivity index is 1.80. The lowest BCUT2D eigenvalue weighted by molar-refractivity contribution is 0.142. The maximum Gasteiger partial charge on any atom is 0.407 e. The predicted octanol–water partition coefficient (Wildman–Crippen LogP) is 0.945. The molecule has 1 saturated heterocycles. The second-order valence-corrected chi connectivity index (χ2v) is 4.59. The Morgan fingerprint density at radius 2 is 2.05 bits per heavy atom. The van der Waals surface area contributed by atoms with E-state index >= 15 is 0 Å². The van der Waals surface area contributed by atoms with Crippen molar-refractivity contribution in [3.05, 3.63) is 18.2 Å². The Morgan fingerprint density at radius 3 is 2.74 bits per heavy atom. The van der Waals surface area contributed by atoms with Gasteiger partial charge in [-0.05, 0) is 18.2 Å². The van der Waals surface area contributed by atoms with Gasteiger partial charge in [-0.3, -0.25) is 0 Å². The number of rotatable bonds is 1. The van der Waals surface area contributed by atoms with Crippen molar-refractivity contribution in [2.24, 2.45) is 0 Å². The molecule has 0 spiro atoms. The summed E-state index contributed by atoms with van der Waals surface area (Å²) in [5.74, 6) is 0.769. The van der Waals surface area contributed by atoms with Crippen LogP contribution in [0.5, 0.6) is 0 Å². The molecule has 7 nitrogen and oxygen atoms in total. The van der Waals surface area contributed by atoms with E-state index in [1.54, 1.807) is 0 Å². The van der Waals surface area contributed by atoms with Crippen LogP contribution in [0.2, 0.25) is 0 Å². The number of amides is 1. The molecule has 2 aromatic rings. The molecule has 4 N–H and O–H groups in total. The van der Waals surface area contributed by atoms with Gasteiger partial charge in [-0.15, -0.1) is 0 Å². The molecule has 3 rings (SSSR count). The highest BCUT2D eigenvalue weighted by Crippen LogP contribution is 2.20. The van der Waals surface area contributed by atoms with E-state index in [2.05, 4.69) is 14.9 Å². The minimum absolute atomic E-state index is 0.495. The number of anilines is 2. The van der Waals surface area contributed by atoms with Crippen LogP contribution in [0.25, 0.3) is 11.0 Å². The predicted molar refractivity (Wildman–Crippen MR) is 72.3 cm³/mol. The summed E-state index contributed by atoms with van der Waals surface area (Å²) in [6, 6.07) is 5.53.